The van der Waals surface area contributed by atoms with Crippen LogP contribution in [0.15, 0.2) is 82.2 Å². The number of halogens is 2. The maximum absolute atomic E-state index is 15.5. The van der Waals surface area contributed by atoms with Gasteiger partial charge in [-0.1, -0.05) is 47.6 Å². The molecule has 5 aromatic rings. The highest BCUT2D eigenvalue weighted by molar-refractivity contribution is 5.87. The Morgan fingerprint density at radius 2 is 1.70 bits per heavy atom. The van der Waals surface area contributed by atoms with E-state index in [-0.39, 0.29) is 34.9 Å². The first-order valence-corrected chi connectivity index (χ1v) is 13.2. The normalized spacial score (nSPS) is 14.2. The Labute approximate surface area is 229 Å². The van der Waals surface area contributed by atoms with Gasteiger partial charge in [-0.15, -0.1) is 0 Å². The van der Waals surface area contributed by atoms with Gasteiger partial charge in [-0.2, -0.15) is 4.98 Å². The zero-order chi connectivity index (χ0) is 27.9. The number of morpholine rings is 1. The third kappa shape index (κ3) is 4.77. The van der Waals surface area contributed by atoms with Gasteiger partial charge in [-0.3, -0.25) is 4.79 Å². The highest BCUT2D eigenvalue weighted by Gasteiger charge is 2.28. The van der Waals surface area contributed by atoms with Gasteiger partial charge in [0.1, 0.15) is 11.6 Å². The van der Waals surface area contributed by atoms with Gasteiger partial charge in [0.05, 0.1) is 41.9 Å². The number of hydrogen-bond acceptors (Lipinski definition) is 6. The van der Waals surface area contributed by atoms with Crippen molar-refractivity contribution in [2.24, 2.45) is 0 Å². The van der Waals surface area contributed by atoms with Gasteiger partial charge >= 0.3 is 0 Å². The number of anilines is 1. The van der Waals surface area contributed by atoms with E-state index in [4.69, 9.17) is 9.26 Å². The minimum atomic E-state index is -0.622. The van der Waals surface area contributed by atoms with E-state index in [0.29, 0.717) is 37.5 Å². The van der Waals surface area contributed by atoms with E-state index in [1.807, 2.05) is 53.6 Å². The summed E-state index contributed by atoms with van der Waals surface area (Å²) in [6.07, 6.45) is 2.01. The molecule has 3 heterocycles. The zero-order valence-electron chi connectivity index (χ0n) is 22.2. The first-order valence-electron chi connectivity index (χ1n) is 13.2. The standard InChI is InChI=1S/C31H28F2N4O3/c1-31(2,21-6-4-3-5-7-21)37-19-24(30-34-28(40-35-30)16-20-8-10-22(32)11-9-20)29(38)23-17-25(33)27(18-26(23)37)36-12-14-39-15-13-36/h3-11,17-19H,12-16H2,1-2H3. The van der Waals surface area contributed by atoms with Gasteiger partial charge in [0.15, 0.2) is 0 Å². The van der Waals surface area contributed by atoms with Crippen LogP contribution in [0.4, 0.5) is 14.5 Å². The first kappa shape index (κ1) is 25.9. The summed E-state index contributed by atoms with van der Waals surface area (Å²) < 4.78 is 41.7. The smallest absolute Gasteiger partial charge is 0.231 e. The lowest BCUT2D eigenvalue weighted by atomic mass is 9.92. The predicted octanol–water partition coefficient (Wildman–Crippen LogP) is 5.54. The number of nitrogens with zero attached hydrogens (tertiary/aromatic N) is 4. The van der Waals surface area contributed by atoms with Crippen molar-refractivity contribution in [3.8, 4) is 11.4 Å². The Kier molecular flexibility index (Phi) is 6.67. The highest BCUT2D eigenvalue weighted by Crippen LogP contribution is 2.33. The molecule has 0 bridgehead atoms. The molecule has 0 saturated carbocycles. The molecule has 1 aliphatic rings. The molecule has 40 heavy (non-hydrogen) atoms. The summed E-state index contributed by atoms with van der Waals surface area (Å²) in [5, 5.41) is 4.31. The predicted molar refractivity (Wildman–Crippen MR) is 149 cm³/mol. The minimum absolute atomic E-state index is 0.110. The van der Waals surface area contributed by atoms with Crippen molar-refractivity contribution in [2.75, 3.05) is 31.2 Å². The fourth-order valence-electron chi connectivity index (χ4n) is 5.20. The molecule has 6 rings (SSSR count). The molecule has 0 unspecified atom stereocenters. The Balaban J connectivity index is 1.51. The van der Waals surface area contributed by atoms with E-state index >= 15 is 4.39 Å². The molecule has 1 fully saturated rings. The second-order valence-electron chi connectivity index (χ2n) is 10.4. The quantitative estimate of drug-likeness (QED) is 0.281. The van der Waals surface area contributed by atoms with E-state index in [1.54, 1.807) is 24.4 Å². The van der Waals surface area contributed by atoms with Gasteiger partial charge in [0.2, 0.25) is 17.1 Å². The van der Waals surface area contributed by atoms with Crippen LogP contribution in [0.1, 0.15) is 30.9 Å². The molecule has 1 saturated heterocycles. The lowest BCUT2D eigenvalue weighted by molar-refractivity contribution is 0.122. The Morgan fingerprint density at radius 3 is 2.42 bits per heavy atom. The fraction of sp³-hybridized carbons (Fsp3) is 0.258. The van der Waals surface area contributed by atoms with E-state index in [9.17, 15) is 9.18 Å². The van der Waals surface area contributed by atoms with E-state index < -0.39 is 16.8 Å². The van der Waals surface area contributed by atoms with Crippen molar-refractivity contribution in [1.82, 2.24) is 14.7 Å². The molecular weight excluding hydrogens is 514 g/mol. The number of ether oxygens (including phenoxy) is 1. The number of benzene rings is 3. The number of aromatic nitrogens is 3. The molecule has 0 N–H and O–H groups in total. The molecule has 7 nitrogen and oxygen atoms in total. The molecule has 0 spiro atoms. The fourth-order valence-corrected chi connectivity index (χ4v) is 5.20. The summed E-state index contributed by atoms with van der Waals surface area (Å²) in [4.78, 5) is 20.2. The summed E-state index contributed by atoms with van der Waals surface area (Å²) in [6, 6.07) is 19.0. The number of fused-ring (bicyclic) bond motifs is 1. The Hall–Kier alpha value is -4.37. The van der Waals surface area contributed by atoms with Gasteiger partial charge in [-0.25, -0.2) is 8.78 Å². The number of hydrogen-bond donors (Lipinski definition) is 0. The van der Waals surface area contributed by atoms with Gasteiger partial charge in [0, 0.05) is 24.7 Å². The van der Waals surface area contributed by atoms with Crippen LogP contribution in [0.2, 0.25) is 0 Å². The largest absolute Gasteiger partial charge is 0.378 e. The Morgan fingerprint density at radius 1 is 0.975 bits per heavy atom. The third-order valence-electron chi connectivity index (χ3n) is 7.48. The molecule has 0 aliphatic carbocycles. The second-order valence-corrected chi connectivity index (χ2v) is 10.4. The summed E-state index contributed by atoms with van der Waals surface area (Å²) in [7, 11) is 0. The van der Waals surface area contributed by atoms with Gasteiger partial charge in [0.25, 0.3) is 0 Å². The van der Waals surface area contributed by atoms with Crippen LogP contribution in [-0.4, -0.2) is 41.0 Å². The topological polar surface area (TPSA) is 73.4 Å². The van der Waals surface area contributed by atoms with Gasteiger partial charge in [-0.05, 0) is 49.2 Å². The highest BCUT2D eigenvalue weighted by atomic mass is 19.1. The molecule has 204 valence electrons. The second kappa shape index (κ2) is 10.3. The molecule has 0 amide bonds. The molecule has 1 aliphatic heterocycles. The van der Waals surface area contributed by atoms with Crippen molar-refractivity contribution in [2.45, 2.75) is 25.8 Å². The maximum Gasteiger partial charge on any atom is 0.231 e. The molecule has 9 heteroatoms. The monoisotopic (exact) mass is 542 g/mol. The van der Waals surface area contributed by atoms with Crippen molar-refractivity contribution >= 4 is 16.6 Å². The Bertz CT molecular complexity index is 1720. The van der Waals surface area contributed by atoms with Crippen molar-refractivity contribution < 1.29 is 18.0 Å². The van der Waals surface area contributed by atoms with Crippen LogP contribution in [0.25, 0.3) is 22.3 Å². The lowest BCUT2D eigenvalue weighted by Crippen LogP contribution is -2.37. The van der Waals surface area contributed by atoms with Crippen LogP contribution in [0.5, 0.6) is 0 Å². The minimum Gasteiger partial charge on any atom is -0.378 e. The van der Waals surface area contributed by atoms with Crippen molar-refractivity contribution in [3.63, 3.8) is 0 Å². The number of rotatable bonds is 6. The van der Waals surface area contributed by atoms with Crippen molar-refractivity contribution in [1.29, 1.82) is 0 Å². The molecular formula is C31H28F2N4O3. The van der Waals surface area contributed by atoms with E-state index in [2.05, 4.69) is 10.1 Å². The molecule has 2 aromatic heterocycles. The van der Waals surface area contributed by atoms with Crippen molar-refractivity contribution in [3.05, 3.63) is 112 Å². The first-order chi connectivity index (χ1) is 19.3. The van der Waals surface area contributed by atoms with Crippen LogP contribution in [0, 0.1) is 11.6 Å². The summed E-state index contributed by atoms with van der Waals surface area (Å²) >= 11 is 0. The average molecular weight is 543 g/mol. The average Bonchev–Trinajstić information content (AvgIpc) is 3.43. The molecule has 0 radical (unpaired) electrons. The summed E-state index contributed by atoms with van der Waals surface area (Å²) in [5.74, 6) is -0.419. The third-order valence-corrected chi connectivity index (χ3v) is 7.48. The summed E-state index contributed by atoms with van der Waals surface area (Å²) in [6.45, 7) is 6.24. The summed E-state index contributed by atoms with van der Waals surface area (Å²) in [5.41, 5.74) is 2.01. The van der Waals surface area contributed by atoms with Gasteiger partial charge < -0.3 is 18.7 Å². The lowest BCUT2D eigenvalue weighted by Gasteiger charge is -2.33. The van der Waals surface area contributed by atoms with E-state index in [0.717, 1.165) is 11.1 Å². The van der Waals surface area contributed by atoms with Crippen LogP contribution in [0.3, 0.4) is 0 Å². The maximum atomic E-state index is 15.5. The molecule has 0 atom stereocenters. The zero-order valence-corrected chi connectivity index (χ0v) is 22.2. The van der Waals surface area contributed by atoms with Crippen LogP contribution < -0.4 is 10.3 Å². The molecule has 3 aromatic carbocycles. The van der Waals surface area contributed by atoms with Crippen LogP contribution in [-0.2, 0) is 16.7 Å². The SMILES string of the molecule is CC(C)(c1ccccc1)n1cc(-c2noc(Cc3ccc(F)cc3)n2)c(=O)c2cc(F)c(N3CCOCC3)cc21. The number of pyridine rings is 1. The van der Waals surface area contributed by atoms with Crippen LogP contribution >= 0.6 is 0 Å². The van der Waals surface area contributed by atoms with E-state index in [1.165, 1.54) is 18.2 Å².